The van der Waals surface area contributed by atoms with E-state index in [-0.39, 0.29) is 6.42 Å². The van der Waals surface area contributed by atoms with Gasteiger partial charge in [0.05, 0.1) is 19.6 Å². The molecule has 0 fully saturated rings. The molecule has 0 aliphatic carbocycles. The fourth-order valence-corrected chi connectivity index (χ4v) is 1.03. The zero-order valence-corrected chi connectivity index (χ0v) is 7.43. The van der Waals surface area contributed by atoms with E-state index in [1.165, 1.54) is 7.11 Å². The minimum atomic E-state index is -0.770. The predicted molar refractivity (Wildman–Crippen MR) is 48.0 cm³/mol. The second-order valence-corrected chi connectivity index (χ2v) is 2.71. The van der Waals surface area contributed by atoms with Gasteiger partial charge in [-0.1, -0.05) is 30.3 Å². The number of aliphatic hydroxyl groups is 1. The Balaban J connectivity index is 2.59. The highest BCUT2D eigenvalue weighted by atomic mass is 16.5. The van der Waals surface area contributed by atoms with E-state index in [0.717, 1.165) is 5.56 Å². The molecular weight excluding hydrogens is 168 g/mol. The third-order valence-corrected chi connectivity index (χ3v) is 1.77. The van der Waals surface area contributed by atoms with Gasteiger partial charge in [0, 0.05) is 0 Å². The van der Waals surface area contributed by atoms with Crippen molar-refractivity contribution in [3.05, 3.63) is 35.9 Å². The number of esters is 1. The summed E-state index contributed by atoms with van der Waals surface area (Å²) in [4.78, 5) is 10.8. The Morgan fingerprint density at radius 2 is 2.08 bits per heavy atom. The topological polar surface area (TPSA) is 46.5 Å². The van der Waals surface area contributed by atoms with E-state index in [2.05, 4.69) is 4.74 Å². The van der Waals surface area contributed by atoms with Gasteiger partial charge >= 0.3 is 5.97 Å². The maximum atomic E-state index is 10.8. The second-order valence-electron chi connectivity index (χ2n) is 2.71. The molecule has 0 radical (unpaired) electrons. The number of carbonyl (C=O) groups excluding carboxylic acids is 1. The average Bonchev–Trinajstić information content (AvgIpc) is 2.19. The van der Waals surface area contributed by atoms with Crippen LogP contribution in [0.2, 0.25) is 0 Å². The van der Waals surface area contributed by atoms with Gasteiger partial charge < -0.3 is 9.84 Å². The van der Waals surface area contributed by atoms with Crippen LogP contribution in [0.4, 0.5) is 0 Å². The van der Waals surface area contributed by atoms with Crippen LogP contribution in [0.15, 0.2) is 30.3 Å². The lowest BCUT2D eigenvalue weighted by Gasteiger charge is -2.08. The molecule has 0 saturated carbocycles. The fourth-order valence-electron chi connectivity index (χ4n) is 1.03. The zero-order chi connectivity index (χ0) is 9.68. The number of aliphatic hydroxyl groups excluding tert-OH is 1. The van der Waals surface area contributed by atoms with Crippen molar-refractivity contribution in [2.45, 2.75) is 12.5 Å². The van der Waals surface area contributed by atoms with E-state index >= 15 is 0 Å². The van der Waals surface area contributed by atoms with Gasteiger partial charge in [-0.25, -0.2) is 0 Å². The van der Waals surface area contributed by atoms with Gasteiger partial charge in [0.1, 0.15) is 0 Å². The van der Waals surface area contributed by atoms with Crippen LogP contribution < -0.4 is 0 Å². The molecule has 0 aromatic heterocycles. The van der Waals surface area contributed by atoms with Crippen LogP contribution >= 0.6 is 0 Å². The van der Waals surface area contributed by atoms with E-state index < -0.39 is 12.1 Å². The molecule has 1 atom stereocenters. The van der Waals surface area contributed by atoms with E-state index in [4.69, 9.17) is 0 Å². The molecule has 0 aliphatic rings. The molecule has 1 N–H and O–H groups in total. The first kappa shape index (κ1) is 9.74. The fraction of sp³-hybridized carbons (Fsp3) is 0.300. The van der Waals surface area contributed by atoms with Gasteiger partial charge in [-0.2, -0.15) is 0 Å². The summed E-state index contributed by atoms with van der Waals surface area (Å²) < 4.78 is 4.44. The van der Waals surface area contributed by atoms with Crippen molar-refractivity contribution < 1.29 is 14.6 Å². The lowest BCUT2D eigenvalue weighted by atomic mass is 10.1. The number of hydrogen-bond donors (Lipinski definition) is 1. The number of ether oxygens (including phenoxy) is 1. The standard InChI is InChI=1S/C10H12O3/c1-13-10(12)7-9(11)8-5-3-2-4-6-8/h2-6,9,11H,7H2,1H3/t9-/m1/s1. The monoisotopic (exact) mass is 180 g/mol. The first-order valence-electron chi connectivity index (χ1n) is 4.04. The molecule has 1 rings (SSSR count). The number of carbonyl (C=O) groups is 1. The Hall–Kier alpha value is -1.35. The molecule has 0 aliphatic heterocycles. The van der Waals surface area contributed by atoms with Crippen LogP contribution in [0.1, 0.15) is 18.1 Å². The Bertz CT molecular complexity index is 269. The third-order valence-electron chi connectivity index (χ3n) is 1.77. The highest BCUT2D eigenvalue weighted by Crippen LogP contribution is 2.15. The Kier molecular flexibility index (Phi) is 3.46. The largest absolute Gasteiger partial charge is 0.469 e. The quantitative estimate of drug-likeness (QED) is 0.713. The molecule has 3 heteroatoms. The lowest BCUT2D eigenvalue weighted by Crippen LogP contribution is -2.07. The molecule has 0 heterocycles. The molecule has 13 heavy (non-hydrogen) atoms. The van der Waals surface area contributed by atoms with Crippen LogP contribution in [0.3, 0.4) is 0 Å². The van der Waals surface area contributed by atoms with Crippen molar-refractivity contribution in [2.24, 2.45) is 0 Å². The first-order valence-corrected chi connectivity index (χ1v) is 4.04. The normalized spacial score (nSPS) is 12.2. The van der Waals surface area contributed by atoms with Crippen molar-refractivity contribution in [1.82, 2.24) is 0 Å². The van der Waals surface area contributed by atoms with E-state index in [1.807, 2.05) is 18.2 Å². The molecule has 0 amide bonds. The molecule has 0 saturated heterocycles. The minimum absolute atomic E-state index is 0.000509. The van der Waals surface area contributed by atoms with Crippen LogP contribution in [0.25, 0.3) is 0 Å². The summed E-state index contributed by atoms with van der Waals surface area (Å²) in [6.45, 7) is 0. The van der Waals surface area contributed by atoms with Crippen LogP contribution in [-0.2, 0) is 9.53 Å². The summed E-state index contributed by atoms with van der Waals surface area (Å²) in [6.07, 6.45) is -0.769. The van der Waals surface area contributed by atoms with Gasteiger partial charge in [-0.05, 0) is 5.56 Å². The summed E-state index contributed by atoms with van der Waals surface area (Å²) in [7, 11) is 1.31. The molecular formula is C10H12O3. The Morgan fingerprint density at radius 3 is 2.62 bits per heavy atom. The lowest BCUT2D eigenvalue weighted by molar-refractivity contribution is -0.142. The first-order chi connectivity index (χ1) is 6.24. The summed E-state index contributed by atoms with van der Waals surface area (Å²) in [5, 5.41) is 9.52. The van der Waals surface area contributed by atoms with Gasteiger partial charge in [-0.3, -0.25) is 4.79 Å². The Labute approximate surface area is 77.0 Å². The van der Waals surface area contributed by atoms with Crippen molar-refractivity contribution in [3.8, 4) is 0 Å². The van der Waals surface area contributed by atoms with Gasteiger partial charge in [-0.15, -0.1) is 0 Å². The highest BCUT2D eigenvalue weighted by Gasteiger charge is 2.11. The maximum absolute atomic E-state index is 10.8. The third kappa shape index (κ3) is 2.87. The molecule has 1 aromatic rings. The van der Waals surface area contributed by atoms with Crippen LogP contribution in [0, 0.1) is 0 Å². The number of methoxy groups -OCH3 is 1. The number of hydrogen-bond acceptors (Lipinski definition) is 3. The van der Waals surface area contributed by atoms with Gasteiger partial charge in [0.25, 0.3) is 0 Å². The van der Waals surface area contributed by atoms with E-state index in [0.29, 0.717) is 0 Å². The average molecular weight is 180 g/mol. The molecule has 70 valence electrons. The summed E-state index contributed by atoms with van der Waals surface area (Å²) in [5.74, 6) is -0.406. The van der Waals surface area contributed by atoms with Crippen LogP contribution in [0.5, 0.6) is 0 Å². The van der Waals surface area contributed by atoms with Crippen molar-refractivity contribution >= 4 is 5.97 Å². The zero-order valence-electron chi connectivity index (χ0n) is 7.43. The minimum Gasteiger partial charge on any atom is -0.469 e. The molecule has 0 unspecified atom stereocenters. The Morgan fingerprint density at radius 1 is 1.46 bits per heavy atom. The molecule has 1 aromatic carbocycles. The van der Waals surface area contributed by atoms with E-state index in [1.54, 1.807) is 12.1 Å². The number of benzene rings is 1. The van der Waals surface area contributed by atoms with E-state index in [9.17, 15) is 9.90 Å². The van der Waals surface area contributed by atoms with Gasteiger partial charge in [0.15, 0.2) is 0 Å². The van der Waals surface area contributed by atoms with Crippen LogP contribution in [-0.4, -0.2) is 18.2 Å². The second kappa shape index (κ2) is 4.62. The number of rotatable bonds is 3. The smallest absolute Gasteiger partial charge is 0.308 e. The maximum Gasteiger partial charge on any atom is 0.308 e. The SMILES string of the molecule is COC(=O)C[C@@H](O)c1ccccc1. The highest BCUT2D eigenvalue weighted by molar-refractivity contribution is 5.70. The molecule has 3 nitrogen and oxygen atoms in total. The summed E-state index contributed by atoms with van der Waals surface area (Å²) in [5.41, 5.74) is 0.730. The predicted octanol–water partition coefficient (Wildman–Crippen LogP) is 1.28. The van der Waals surface area contributed by atoms with Gasteiger partial charge in [0.2, 0.25) is 0 Å². The van der Waals surface area contributed by atoms with Crippen molar-refractivity contribution in [1.29, 1.82) is 0 Å². The molecule has 0 bridgehead atoms. The summed E-state index contributed by atoms with van der Waals surface area (Å²) in [6, 6.07) is 9.03. The van der Waals surface area contributed by atoms with Crippen molar-refractivity contribution in [3.63, 3.8) is 0 Å². The molecule has 0 spiro atoms. The summed E-state index contributed by atoms with van der Waals surface area (Å²) >= 11 is 0. The van der Waals surface area contributed by atoms with Crippen molar-refractivity contribution in [2.75, 3.05) is 7.11 Å².